The largest absolute Gasteiger partial charge is 0.416 e. The van der Waals surface area contributed by atoms with E-state index in [9.17, 15) is 22.8 Å². The van der Waals surface area contributed by atoms with Crippen LogP contribution in [0.25, 0.3) is 0 Å². The molecule has 0 unspecified atom stereocenters. The average molecular weight is 377 g/mol. The van der Waals surface area contributed by atoms with Gasteiger partial charge >= 0.3 is 12.2 Å². The molecule has 3 N–H and O–H groups in total. The minimum Gasteiger partial charge on any atom is -0.334 e. The first-order valence-electron chi connectivity index (χ1n) is 8.00. The summed E-state index contributed by atoms with van der Waals surface area (Å²) < 4.78 is 38.1. The van der Waals surface area contributed by atoms with E-state index in [-0.39, 0.29) is 12.0 Å². The number of alkyl halides is 3. The summed E-state index contributed by atoms with van der Waals surface area (Å²) in [7, 11) is 0. The number of hydrogen-bond donors (Lipinski definition) is 3. The van der Waals surface area contributed by atoms with E-state index in [2.05, 4.69) is 22.5 Å². The predicted octanol–water partition coefficient (Wildman–Crippen LogP) is 4.19. The molecule has 0 aliphatic carbocycles. The number of rotatable bonds is 6. The van der Waals surface area contributed by atoms with Gasteiger partial charge in [-0.25, -0.2) is 4.79 Å². The molecule has 0 aliphatic heterocycles. The standard InChI is InChI=1S/C19H18F3N3O2/c1-2-10-23-18(27)25-16-8-6-15(7-9-16)24-17(26)12-13-4-3-5-14(11-13)19(20,21)22/h2-9,11H,1,10,12H2,(H,24,26)(H2,23,25,27). The average Bonchev–Trinajstić information content (AvgIpc) is 2.61. The van der Waals surface area contributed by atoms with E-state index >= 15 is 0 Å². The maximum Gasteiger partial charge on any atom is 0.416 e. The lowest BCUT2D eigenvalue weighted by atomic mass is 10.1. The van der Waals surface area contributed by atoms with Crippen molar-refractivity contribution in [2.45, 2.75) is 12.6 Å². The van der Waals surface area contributed by atoms with Crippen LogP contribution < -0.4 is 16.0 Å². The van der Waals surface area contributed by atoms with Gasteiger partial charge in [0, 0.05) is 17.9 Å². The molecular weight excluding hydrogens is 359 g/mol. The maximum absolute atomic E-state index is 12.7. The summed E-state index contributed by atoms with van der Waals surface area (Å²) in [5.74, 6) is -0.446. The van der Waals surface area contributed by atoms with Crippen LogP contribution in [0.15, 0.2) is 61.2 Å². The number of benzene rings is 2. The van der Waals surface area contributed by atoms with Crippen molar-refractivity contribution in [1.82, 2.24) is 5.32 Å². The van der Waals surface area contributed by atoms with Crippen LogP contribution in [0.4, 0.5) is 29.3 Å². The first-order valence-corrected chi connectivity index (χ1v) is 8.00. The summed E-state index contributed by atoms with van der Waals surface area (Å²) in [5, 5.41) is 7.75. The molecule has 0 aliphatic rings. The number of carbonyl (C=O) groups excluding carboxylic acids is 2. The van der Waals surface area contributed by atoms with E-state index in [4.69, 9.17) is 0 Å². The molecule has 5 nitrogen and oxygen atoms in total. The monoisotopic (exact) mass is 377 g/mol. The van der Waals surface area contributed by atoms with Gasteiger partial charge in [0.1, 0.15) is 0 Å². The van der Waals surface area contributed by atoms with Gasteiger partial charge in [0.25, 0.3) is 0 Å². The summed E-state index contributed by atoms with van der Waals surface area (Å²) in [6.07, 6.45) is -3.09. The van der Waals surface area contributed by atoms with Gasteiger partial charge in [-0.2, -0.15) is 13.2 Å². The lowest BCUT2D eigenvalue weighted by molar-refractivity contribution is -0.137. The molecule has 0 saturated carbocycles. The lowest BCUT2D eigenvalue weighted by Crippen LogP contribution is -2.28. The van der Waals surface area contributed by atoms with Crippen molar-refractivity contribution in [3.05, 3.63) is 72.3 Å². The summed E-state index contributed by atoms with van der Waals surface area (Å²) in [5.41, 5.74) is 0.453. The smallest absolute Gasteiger partial charge is 0.334 e. The Kier molecular flexibility index (Phi) is 6.59. The SMILES string of the molecule is C=CCNC(=O)Nc1ccc(NC(=O)Cc2cccc(C(F)(F)F)c2)cc1. The molecule has 0 radical (unpaired) electrons. The molecule has 27 heavy (non-hydrogen) atoms. The van der Waals surface area contributed by atoms with Crippen molar-refractivity contribution in [1.29, 1.82) is 0 Å². The summed E-state index contributed by atoms with van der Waals surface area (Å²) in [6, 6.07) is 10.6. The Hall–Kier alpha value is -3.29. The van der Waals surface area contributed by atoms with Crippen LogP contribution in [0.3, 0.4) is 0 Å². The van der Waals surface area contributed by atoms with E-state index in [0.29, 0.717) is 17.9 Å². The van der Waals surface area contributed by atoms with E-state index < -0.39 is 23.7 Å². The summed E-state index contributed by atoms with van der Waals surface area (Å²) >= 11 is 0. The third-order valence-corrected chi connectivity index (χ3v) is 3.45. The van der Waals surface area contributed by atoms with Crippen molar-refractivity contribution < 1.29 is 22.8 Å². The van der Waals surface area contributed by atoms with Crippen LogP contribution in [-0.4, -0.2) is 18.5 Å². The molecular formula is C19H18F3N3O2. The van der Waals surface area contributed by atoms with Crippen molar-refractivity contribution in [2.75, 3.05) is 17.2 Å². The lowest BCUT2D eigenvalue weighted by Gasteiger charge is -2.10. The van der Waals surface area contributed by atoms with Crippen LogP contribution in [-0.2, 0) is 17.4 Å². The maximum atomic E-state index is 12.7. The highest BCUT2D eigenvalue weighted by Gasteiger charge is 2.30. The number of halogens is 3. The Morgan fingerprint density at radius 2 is 1.63 bits per heavy atom. The van der Waals surface area contributed by atoms with E-state index in [0.717, 1.165) is 12.1 Å². The fourth-order valence-electron chi connectivity index (χ4n) is 2.23. The molecule has 0 fully saturated rings. The zero-order valence-electron chi connectivity index (χ0n) is 14.3. The molecule has 0 spiro atoms. The van der Waals surface area contributed by atoms with Gasteiger partial charge in [0.05, 0.1) is 12.0 Å². The second-order valence-electron chi connectivity index (χ2n) is 5.62. The van der Waals surface area contributed by atoms with Gasteiger partial charge in [0.15, 0.2) is 0 Å². The first-order chi connectivity index (χ1) is 12.8. The molecule has 0 atom stereocenters. The van der Waals surface area contributed by atoms with Crippen LogP contribution in [0.2, 0.25) is 0 Å². The van der Waals surface area contributed by atoms with Crippen molar-refractivity contribution in [3.63, 3.8) is 0 Å². The molecule has 2 aromatic rings. The highest BCUT2D eigenvalue weighted by atomic mass is 19.4. The Morgan fingerprint density at radius 3 is 2.22 bits per heavy atom. The third-order valence-electron chi connectivity index (χ3n) is 3.45. The predicted molar refractivity (Wildman–Crippen MR) is 97.4 cm³/mol. The molecule has 0 aromatic heterocycles. The van der Waals surface area contributed by atoms with Crippen LogP contribution in [0, 0.1) is 0 Å². The fraction of sp³-hybridized carbons (Fsp3) is 0.158. The minimum absolute atomic E-state index is 0.187. The summed E-state index contributed by atoms with van der Waals surface area (Å²) in [4.78, 5) is 23.6. The van der Waals surface area contributed by atoms with Crippen molar-refractivity contribution >= 4 is 23.3 Å². The number of anilines is 2. The number of carbonyl (C=O) groups is 2. The van der Waals surface area contributed by atoms with Crippen molar-refractivity contribution in [3.8, 4) is 0 Å². The number of hydrogen-bond acceptors (Lipinski definition) is 2. The zero-order valence-corrected chi connectivity index (χ0v) is 14.3. The molecule has 0 heterocycles. The van der Waals surface area contributed by atoms with Crippen LogP contribution >= 0.6 is 0 Å². The number of amides is 3. The molecule has 2 aromatic carbocycles. The van der Waals surface area contributed by atoms with E-state index in [1.54, 1.807) is 30.3 Å². The topological polar surface area (TPSA) is 70.2 Å². The quantitative estimate of drug-likeness (QED) is 0.661. The van der Waals surface area contributed by atoms with Gasteiger partial charge in [-0.05, 0) is 35.9 Å². The molecule has 8 heteroatoms. The molecule has 2 rings (SSSR count). The Morgan fingerprint density at radius 1 is 1.00 bits per heavy atom. The molecule has 142 valence electrons. The van der Waals surface area contributed by atoms with Crippen molar-refractivity contribution in [2.24, 2.45) is 0 Å². The van der Waals surface area contributed by atoms with E-state index in [1.807, 2.05) is 0 Å². The Bertz CT molecular complexity index is 818. The zero-order chi connectivity index (χ0) is 19.9. The van der Waals surface area contributed by atoms with Gasteiger partial charge in [-0.1, -0.05) is 24.3 Å². The van der Waals surface area contributed by atoms with Gasteiger partial charge < -0.3 is 16.0 Å². The fourth-order valence-corrected chi connectivity index (χ4v) is 2.23. The number of nitrogens with one attached hydrogen (secondary N) is 3. The van der Waals surface area contributed by atoms with E-state index in [1.165, 1.54) is 12.1 Å². The van der Waals surface area contributed by atoms with Crippen LogP contribution in [0.5, 0.6) is 0 Å². The second-order valence-corrected chi connectivity index (χ2v) is 5.62. The highest BCUT2D eigenvalue weighted by molar-refractivity contribution is 5.93. The summed E-state index contributed by atoms with van der Waals surface area (Å²) in [6.45, 7) is 3.82. The minimum atomic E-state index is -4.45. The second kappa shape index (κ2) is 8.88. The van der Waals surface area contributed by atoms with Gasteiger partial charge in [-0.15, -0.1) is 6.58 Å². The van der Waals surface area contributed by atoms with Gasteiger partial charge in [0.2, 0.25) is 5.91 Å². The number of urea groups is 1. The molecule has 0 saturated heterocycles. The molecule has 3 amide bonds. The normalized spacial score (nSPS) is 10.8. The molecule has 0 bridgehead atoms. The van der Waals surface area contributed by atoms with Gasteiger partial charge in [-0.3, -0.25) is 4.79 Å². The Balaban J connectivity index is 1.92. The highest BCUT2D eigenvalue weighted by Crippen LogP contribution is 2.29. The first kappa shape index (κ1) is 20.0. The third kappa shape index (κ3) is 6.50. The Labute approximate surface area is 154 Å². The van der Waals surface area contributed by atoms with Crippen LogP contribution in [0.1, 0.15) is 11.1 Å².